The lowest BCUT2D eigenvalue weighted by atomic mass is 10.1. The van der Waals surface area contributed by atoms with Gasteiger partial charge in [-0.3, -0.25) is 14.4 Å². The van der Waals surface area contributed by atoms with Crippen LogP contribution in [0.5, 0.6) is 0 Å². The van der Waals surface area contributed by atoms with Crippen molar-refractivity contribution in [2.24, 2.45) is 0 Å². The van der Waals surface area contributed by atoms with Gasteiger partial charge in [-0.1, -0.05) is 193 Å². The molecule has 6 nitrogen and oxygen atoms in total. The van der Waals surface area contributed by atoms with E-state index < -0.39 is 6.10 Å². The van der Waals surface area contributed by atoms with Crippen molar-refractivity contribution in [1.29, 1.82) is 0 Å². The van der Waals surface area contributed by atoms with Gasteiger partial charge in [0.05, 0.1) is 0 Å². The molecule has 0 aliphatic carbocycles. The Labute approximate surface area is 392 Å². The Morgan fingerprint density at radius 1 is 0.328 bits per heavy atom. The summed E-state index contributed by atoms with van der Waals surface area (Å²) in [6, 6.07) is 0. The maximum atomic E-state index is 12.7. The van der Waals surface area contributed by atoms with Crippen molar-refractivity contribution in [2.45, 2.75) is 200 Å². The van der Waals surface area contributed by atoms with E-state index in [0.717, 1.165) is 128 Å². The Morgan fingerprint density at radius 3 is 0.984 bits per heavy atom. The summed E-state index contributed by atoms with van der Waals surface area (Å²) in [6.07, 6.45) is 71.9. The number of ether oxygens (including phenoxy) is 3. The summed E-state index contributed by atoms with van der Waals surface area (Å²) in [6.45, 7) is 6.25. The second-order valence-electron chi connectivity index (χ2n) is 16.0. The minimum absolute atomic E-state index is 0.109. The molecule has 64 heavy (non-hydrogen) atoms. The summed E-state index contributed by atoms with van der Waals surface area (Å²) in [7, 11) is 0. The molecule has 1 unspecified atom stereocenters. The monoisotopic (exact) mass is 883 g/mol. The van der Waals surface area contributed by atoms with Crippen LogP contribution in [0.25, 0.3) is 0 Å². The van der Waals surface area contributed by atoms with Gasteiger partial charge in [-0.2, -0.15) is 0 Å². The van der Waals surface area contributed by atoms with Gasteiger partial charge in [-0.15, -0.1) is 0 Å². The molecule has 0 aliphatic heterocycles. The predicted molar refractivity (Wildman–Crippen MR) is 274 cm³/mol. The maximum absolute atomic E-state index is 12.7. The lowest BCUT2D eigenvalue weighted by Crippen LogP contribution is -2.30. The standard InChI is InChI=1S/C58H90O6/c1-4-7-10-13-16-18-20-22-23-24-25-26-27-28-29-30-31-32-33-34-35-37-38-40-42-45-48-51-57(60)63-54-55(53-62-56(59)50-47-44-15-12-9-6-3)64-58(61)52-49-46-43-41-39-36-21-19-17-14-11-8-5-2/h7-8,10-11,16-19,22-23,25-26,28-29,31-32,34-36,38-40,55H,4-6,9,12-15,20-21,24,27,30,33,37,41-54H2,1-3H3/b10-7-,11-8-,18-16-,19-17-,23-22-,26-25-,29-28-,32-31-,35-34-,39-36-,40-38-. The average molecular weight is 883 g/mol. The molecule has 1 atom stereocenters. The molecular weight excluding hydrogens is 793 g/mol. The van der Waals surface area contributed by atoms with Crippen LogP contribution < -0.4 is 0 Å². The van der Waals surface area contributed by atoms with E-state index in [1.54, 1.807) is 0 Å². The molecular formula is C58H90O6. The largest absolute Gasteiger partial charge is 0.462 e. The van der Waals surface area contributed by atoms with Crippen LogP contribution in [0.15, 0.2) is 134 Å². The van der Waals surface area contributed by atoms with E-state index in [2.05, 4.69) is 154 Å². The van der Waals surface area contributed by atoms with Crippen LogP contribution in [0.1, 0.15) is 194 Å². The quantitative estimate of drug-likeness (QED) is 0.0263. The van der Waals surface area contributed by atoms with Crippen molar-refractivity contribution in [2.75, 3.05) is 13.2 Å². The third-order valence-corrected chi connectivity index (χ3v) is 9.90. The molecule has 0 aliphatic rings. The van der Waals surface area contributed by atoms with Gasteiger partial charge in [0, 0.05) is 19.3 Å². The second kappa shape index (κ2) is 51.2. The third kappa shape index (κ3) is 48.6. The summed E-state index contributed by atoms with van der Waals surface area (Å²) in [5.74, 6) is -1.01. The highest BCUT2D eigenvalue weighted by atomic mass is 16.6. The van der Waals surface area contributed by atoms with E-state index in [1.165, 1.54) is 19.3 Å². The van der Waals surface area contributed by atoms with Gasteiger partial charge in [-0.05, 0) is 116 Å². The number of carbonyl (C=O) groups excluding carboxylic acids is 3. The first-order chi connectivity index (χ1) is 31.5. The van der Waals surface area contributed by atoms with Gasteiger partial charge >= 0.3 is 17.9 Å². The van der Waals surface area contributed by atoms with Crippen molar-refractivity contribution < 1.29 is 28.6 Å². The van der Waals surface area contributed by atoms with E-state index in [-0.39, 0.29) is 37.5 Å². The number of unbranched alkanes of at least 4 members (excludes halogenated alkanes) is 10. The van der Waals surface area contributed by atoms with Crippen molar-refractivity contribution in [1.82, 2.24) is 0 Å². The molecule has 0 aromatic carbocycles. The zero-order valence-corrected chi connectivity index (χ0v) is 40.7. The first-order valence-corrected chi connectivity index (χ1v) is 25.2. The van der Waals surface area contributed by atoms with Gasteiger partial charge < -0.3 is 14.2 Å². The number of rotatable bonds is 43. The van der Waals surface area contributed by atoms with Crippen LogP contribution in [-0.4, -0.2) is 37.2 Å². The fourth-order valence-corrected chi connectivity index (χ4v) is 6.17. The molecule has 0 aromatic heterocycles. The summed E-state index contributed by atoms with van der Waals surface area (Å²) in [5.41, 5.74) is 0. The fraction of sp³-hybridized carbons (Fsp3) is 0.569. The highest BCUT2D eigenvalue weighted by molar-refractivity contribution is 5.71. The molecule has 358 valence electrons. The van der Waals surface area contributed by atoms with E-state index >= 15 is 0 Å². The molecule has 6 heteroatoms. The molecule has 0 saturated carbocycles. The highest BCUT2D eigenvalue weighted by Gasteiger charge is 2.19. The maximum Gasteiger partial charge on any atom is 0.306 e. The molecule has 0 heterocycles. The molecule has 0 rings (SSSR count). The second-order valence-corrected chi connectivity index (χ2v) is 16.0. The molecule has 0 amide bonds. The van der Waals surface area contributed by atoms with Gasteiger partial charge in [0.2, 0.25) is 0 Å². The van der Waals surface area contributed by atoms with Gasteiger partial charge in [0.25, 0.3) is 0 Å². The molecule has 0 aromatic rings. The predicted octanol–water partition coefficient (Wildman–Crippen LogP) is 16.7. The highest BCUT2D eigenvalue weighted by Crippen LogP contribution is 2.11. The number of allylic oxidation sites excluding steroid dienone is 22. The van der Waals surface area contributed by atoms with Crippen LogP contribution in [0, 0.1) is 0 Å². The lowest BCUT2D eigenvalue weighted by Gasteiger charge is -2.18. The zero-order valence-electron chi connectivity index (χ0n) is 40.7. The molecule has 0 radical (unpaired) electrons. The third-order valence-electron chi connectivity index (χ3n) is 9.90. The van der Waals surface area contributed by atoms with Crippen LogP contribution in [0.4, 0.5) is 0 Å². The molecule has 0 fully saturated rings. The van der Waals surface area contributed by atoms with E-state index in [0.29, 0.717) is 19.3 Å². The summed E-state index contributed by atoms with van der Waals surface area (Å²) in [4.78, 5) is 37.6. The molecule has 0 N–H and O–H groups in total. The Morgan fingerprint density at radius 2 is 0.609 bits per heavy atom. The summed E-state index contributed by atoms with van der Waals surface area (Å²) < 4.78 is 16.6. The van der Waals surface area contributed by atoms with Crippen molar-refractivity contribution in [3.63, 3.8) is 0 Å². The van der Waals surface area contributed by atoms with Crippen molar-refractivity contribution in [3.8, 4) is 0 Å². The smallest absolute Gasteiger partial charge is 0.306 e. The Balaban J connectivity index is 4.32. The van der Waals surface area contributed by atoms with Gasteiger partial charge in [-0.25, -0.2) is 0 Å². The van der Waals surface area contributed by atoms with Gasteiger partial charge in [0.15, 0.2) is 6.10 Å². The average Bonchev–Trinajstić information content (AvgIpc) is 3.29. The van der Waals surface area contributed by atoms with Crippen LogP contribution in [0.3, 0.4) is 0 Å². The normalized spacial score (nSPS) is 13.2. The Bertz CT molecular complexity index is 1430. The van der Waals surface area contributed by atoms with E-state index in [9.17, 15) is 14.4 Å². The number of esters is 3. The minimum atomic E-state index is -0.811. The topological polar surface area (TPSA) is 78.9 Å². The lowest BCUT2D eigenvalue weighted by molar-refractivity contribution is -0.167. The first kappa shape index (κ1) is 59.5. The summed E-state index contributed by atoms with van der Waals surface area (Å²) in [5, 5.41) is 0. The molecule has 0 saturated heterocycles. The van der Waals surface area contributed by atoms with Crippen molar-refractivity contribution in [3.05, 3.63) is 134 Å². The number of carbonyl (C=O) groups is 3. The van der Waals surface area contributed by atoms with E-state index in [1.807, 2.05) is 0 Å². The minimum Gasteiger partial charge on any atom is -0.462 e. The van der Waals surface area contributed by atoms with Crippen LogP contribution in [0.2, 0.25) is 0 Å². The zero-order chi connectivity index (χ0) is 46.5. The van der Waals surface area contributed by atoms with Crippen LogP contribution in [-0.2, 0) is 28.6 Å². The Kier molecular flexibility index (Phi) is 47.6. The molecule has 0 spiro atoms. The first-order valence-electron chi connectivity index (χ1n) is 25.2. The number of hydrogen-bond donors (Lipinski definition) is 0. The van der Waals surface area contributed by atoms with E-state index in [4.69, 9.17) is 14.2 Å². The fourth-order valence-electron chi connectivity index (χ4n) is 6.17. The Hall–Kier alpha value is -4.45. The van der Waals surface area contributed by atoms with Crippen LogP contribution >= 0.6 is 0 Å². The van der Waals surface area contributed by atoms with Gasteiger partial charge in [0.1, 0.15) is 13.2 Å². The summed E-state index contributed by atoms with van der Waals surface area (Å²) >= 11 is 0. The van der Waals surface area contributed by atoms with Crippen molar-refractivity contribution >= 4 is 17.9 Å². The SMILES string of the molecule is CC/C=C\C/C=C\C/C=C\C/C=C\C/C=C\C/C=C\C/C=C\C/C=C\CCCCC(=O)OCC(COC(=O)CCCCCCCC)OC(=O)CCCCC/C=C\C/C=C\C/C=C\CC. The number of hydrogen-bond acceptors (Lipinski definition) is 6. The molecule has 0 bridgehead atoms.